The molecule has 0 radical (unpaired) electrons. The molecule has 0 spiro atoms. The van der Waals surface area contributed by atoms with Crippen molar-refractivity contribution in [2.45, 2.75) is 19.8 Å². The Kier molecular flexibility index (Phi) is 3.65. The molecule has 0 N–H and O–H groups in total. The fourth-order valence-electron chi connectivity index (χ4n) is 1.72. The second-order valence-electron chi connectivity index (χ2n) is 4.25. The predicted octanol–water partition coefficient (Wildman–Crippen LogP) is 4.92. The number of hydrogen-bond donors (Lipinski definition) is 0. The lowest BCUT2D eigenvalue weighted by atomic mass is 9.99. The Morgan fingerprint density at radius 3 is 2.35 bits per heavy atom. The molecule has 0 saturated heterocycles. The molecule has 17 heavy (non-hydrogen) atoms. The minimum absolute atomic E-state index is 0.394. The number of carbonyl (C=O) groups is 1. The van der Waals surface area contributed by atoms with Crippen LogP contribution >= 0.6 is 22.9 Å². The van der Waals surface area contributed by atoms with Crippen LogP contribution in [0.4, 0.5) is 0 Å². The Labute approximate surface area is 110 Å². The van der Waals surface area contributed by atoms with Crippen LogP contribution in [0.3, 0.4) is 0 Å². The predicted molar refractivity (Wildman–Crippen MR) is 74.0 cm³/mol. The zero-order valence-corrected chi connectivity index (χ0v) is 11.3. The lowest BCUT2D eigenvalue weighted by Crippen LogP contribution is -1.90. The van der Waals surface area contributed by atoms with E-state index in [1.807, 2.05) is 17.5 Å². The first kappa shape index (κ1) is 12.3. The van der Waals surface area contributed by atoms with E-state index in [-0.39, 0.29) is 0 Å². The molecular weight excluding hydrogens is 252 g/mol. The summed E-state index contributed by atoms with van der Waals surface area (Å²) in [5.74, 6) is 0.514. The molecule has 0 unspecified atom stereocenters. The lowest BCUT2D eigenvalue weighted by Gasteiger charge is -2.06. The van der Waals surface area contributed by atoms with Gasteiger partial charge in [-0.3, -0.25) is 4.79 Å². The first-order valence-electron chi connectivity index (χ1n) is 5.46. The van der Waals surface area contributed by atoms with Crippen LogP contribution in [0.15, 0.2) is 35.0 Å². The van der Waals surface area contributed by atoms with Crippen LogP contribution < -0.4 is 0 Å². The number of carbonyl (C=O) groups excluding carboxylic acids is 1. The lowest BCUT2D eigenvalue weighted by molar-refractivity contribution is 0.108. The van der Waals surface area contributed by atoms with E-state index in [9.17, 15) is 4.79 Å². The van der Waals surface area contributed by atoms with Gasteiger partial charge in [0.25, 0.3) is 5.24 Å². The SMILES string of the molecule is CC(C)c1ccc(-c2cscc2C(=O)Cl)cc1. The summed E-state index contributed by atoms with van der Waals surface area (Å²) in [6, 6.07) is 8.28. The fraction of sp³-hybridized carbons (Fsp3) is 0.214. The van der Waals surface area contributed by atoms with E-state index in [0.29, 0.717) is 11.5 Å². The maximum absolute atomic E-state index is 11.2. The summed E-state index contributed by atoms with van der Waals surface area (Å²) in [6.45, 7) is 4.32. The van der Waals surface area contributed by atoms with Crippen LogP contribution in [0.2, 0.25) is 0 Å². The average molecular weight is 265 g/mol. The quantitative estimate of drug-likeness (QED) is 0.720. The van der Waals surface area contributed by atoms with Crippen LogP contribution in [0, 0.1) is 0 Å². The summed E-state index contributed by atoms with van der Waals surface area (Å²) in [5, 5.41) is 3.36. The van der Waals surface area contributed by atoms with Crippen molar-refractivity contribution in [3.05, 3.63) is 46.2 Å². The zero-order chi connectivity index (χ0) is 12.4. The van der Waals surface area contributed by atoms with Crippen molar-refractivity contribution in [2.24, 2.45) is 0 Å². The molecule has 2 aromatic rings. The summed E-state index contributed by atoms with van der Waals surface area (Å²) in [6.07, 6.45) is 0. The van der Waals surface area contributed by atoms with Crippen LogP contribution in [0.1, 0.15) is 35.7 Å². The molecule has 0 aliphatic heterocycles. The largest absolute Gasteiger partial charge is 0.276 e. The monoisotopic (exact) mass is 264 g/mol. The highest BCUT2D eigenvalue weighted by Gasteiger charge is 2.11. The van der Waals surface area contributed by atoms with Gasteiger partial charge in [-0.05, 0) is 34.0 Å². The van der Waals surface area contributed by atoms with Crippen molar-refractivity contribution in [3.63, 3.8) is 0 Å². The smallest absolute Gasteiger partial charge is 0.253 e. The second kappa shape index (κ2) is 5.03. The molecule has 0 atom stereocenters. The molecule has 3 heteroatoms. The highest BCUT2D eigenvalue weighted by Crippen LogP contribution is 2.29. The Morgan fingerprint density at radius 1 is 1.18 bits per heavy atom. The molecule has 0 aliphatic rings. The van der Waals surface area contributed by atoms with Gasteiger partial charge < -0.3 is 0 Å². The van der Waals surface area contributed by atoms with E-state index >= 15 is 0 Å². The van der Waals surface area contributed by atoms with Gasteiger partial charge in [-0.2, -0.15) is 11.3 Å². The Bertz CT molecular complexity index is 525. The Balaban J connectivity index is 2.40. The number of halogens is 1. The van der Waals surface area contributed by atoms with Gasteiger partial charge in [0.2, 0.25) is 0 Å². The highest BCUT2D eigenvalue weighted by atomic mass is 35.5. The third-order valence-electron chi connectivity index (χ3n) is 2.76. The van der Waals surface area contributed by atoms with E-state index in [1.54, 1.807) is 5.38 Å². The molecule has 1 heterocycles. The van der Waals surface area contributed by atoms with Crippen molar-refractivity contribution >= 4 is 28.2 Å². The third-order valence-corrected chi connectivity index (χ3v) is 3.71. The fourth-order valence-corrected chi connectivity index (χ4v) is 2.78. The molecule has 88 valence electrons. The summed E-state index contributed by atoms with van der Waals surface area (Å²) < 4.78 is 0. The molecule has 2 rings (SSSR count). The molecule has 0 amide bonds. The molecule has 0 aliphatic carbocycles. The Morgan fingerprint density at radius 2 is 1.82 bits per heavy atom. The summed E-state index contributed by atoms with van der Waals surface area (Å²) in [5.41, 5.74) is 3.85. The molecule has 0 saturated carbocycles. The summed E-state index contributed by atoms with van der Waals surface area (Å²) in [4.78, 5) is 11.2. The van der Waals surface area contributed by atoms with Crippen molar-refractivity contribution in [1.82, 2.24) is 0 Å². The van der Waals surface area contributed by atoms with Gasteiger partial charge >= 0.3 is 0 Å². The highest BCUT2D eigenvalue weighted by molar-refractivity contribution is 7.09. The van der Waals surface area contributed by atoms with Crippen LogP contribution in [0.5, 0.6) is 0 Å². The summed E-state index contributed by atoms with van der Waals surface area (Å²) in [7, 11) is 0. The average Bonchev–Trinajstić information content (AvgIpc) is 2.78. The van der Waals surface area contributed by atoms with Gasteiger partial charge in [-0.1, -0.05) is 38.1 Å². The van der Waals surface area contributed by atoms with Gasteiger partial charge in [0.1, 0.15) is 0 Å². The standard InChI is InChI=1S/C14H13ClOS/c1-9(2)10-3-5-11(6-4-10)12-7-17-8-13(12)14(15)16/h3-9H,1-2H3. The number of hydrogen-bond acceptors (Lipinski definition) is 2. The van der Waals surface area contributed by atoms with Crippen LogP contribution in [0.25, 0.3) is 11.1 Å². The van der Waals surface area contributed by atoms with E-state index < -0.39 is 5.24 Å². The van der Waals surface area contributed by atoms with Crippen molar-refractivity contribution in [1.29, 1.82) is 0 Å². The first-order chi connectivity index (χ1) is 8.09. The zero-order valence-electron chi connectivity index (χ0n) is 9.74. The van der Waals surface area contributed by atoms with E-state index in [2.05, 4.69) is 26.0 Å². The molecule has 0 bridgehead atoms. The minimum Gasteiger partial charge on any atom is -0.276 e. The van der Waals surface area contributed by atoms with Gasteiger partial charge in [-0.15, -0.1) is 0 Å². The topological polar surface area (TPSA) is 17.1 Å². The molecule has 1 aromatic carbocycles. The van der Waals surface area contributed by atoms with Gasteiger partial charge in [0.05, 0.1) is 5.56 Å². The third kappa shape index (κ3) is 2.59. The first-order valence-corrected chi connectivity index (χ1v) is 6.78. The maximum atomic E-state index is 11.2. The second-order valence-corrected chi connectivity index (χ2v) is 5.34. The van der Waals surface area contributed by atoms with Gasteiger partial charge in [-0.25, -0.2) is 0 Å². The van der Waals surface area contributed by atoms with Crippen LogP contribution in [-0.4, -0.2) is 5.24 Å². The number of benzene rings is 1. The summed E-state index contributed by atoms with van der Waals surface area (Å²) >= 11 is 7.04. The molecule has 0 fully saturated rings. The number of thiophene rings is 1. The van der Waals surface area contributed by atoms with E-state index in [4.69, 9.17) is 11.6 Å². The minimum atomic E-state index is -0.394. The number of rotatable bonds is 3. The van der Waals surface area contributed by atoms with Crippen molar-refractivity contribution < 1.29 is 4.79 Å². The van der Waals surface area contributed by atoms with Crippen molar-refractivity contribution in [2.75, 3.05) is 0 Å². The van der Waals surface area contributed by atoms with Crippen LogP contribution in [-0.2, 0) is 0 Å². The van der Waals surface area contributed by atoms with E-state index in [0.717, 1.165) is 11.1 Å². The normalized spacial score (nSPS) is 10.8. The Hall–Kier alpha value is -1.12. The van der Waals surface area contributed by atoms with E-state index in [1.165, 1.54) is 16.9 Å². The van der Waals surface area contributed by atoms with Gasteiger partial charge in [0, 0.05) is 10.9 Å². The maximum Gasteiger partial charge on any atom is 0.253 e. The molecule has 1 nitrogen and oxygen atoms in total. The molecule has 1 aromatic heterocycles. The molecular formula is C14H13ClOS. The van der Waals surface area contributed by atoms with Crippen molar-refractivity contribution in [3.8, 4) is 11.1 Å². The van der Waals surface area contributed by atoms with Gasteiger partial charge in [0.15, 0.2) is 0 Å².